The molecule has 2 rings (SSSR count). The van der Waals surface area contributed by atoms with Gasteiger partial charge in [-0.2, -0.15) is 0 Å². The van der Waals surface area contributed by atoms with E-state index in [1.165, 1.54) is 0 Å². The molecule has 2 heterocycles. The van der Waals surface area contributed by atoms with Crippen molar-refractivity contribution >= 4 is 5.91 Å². The van der Waals surface area contributed by atoms with E-state index in [1.807, 2.05) is 24.1 Å². The van der Waals surface area contributed by atoms with E-state index >= 15 is 0 Å². The molecular formula is C14H23N3O2. The molecule has 1 unspecified atom stereocenters. The first-order valence-electron chi connectivity index (χ1n) is 6.94. The van der Waals surface area contributed by atoms with Gasteiger partial charge in [0.2, 0.25) is 5.91 Å². The predicted octanol–water partition coefficient (Wildman–Crippen LogP) is 1.09. The van der Waals surface area contributed by atoms with E-state index in [2.05, 4.69) is 17.1 Å². The number of hydrogen-bond acceptors (Lipinski definition) is 4. The van der Waals surface area contributed by atoms with Gasteiger partial charge in [0.05, 0.1) is 18.8 Å². The van der Waals surface area contributed by atoms with Gasteiger partial charge in [-0.15, -0.1) is 0 Å². The fourth-order valence-corrected chi connectivity index (χ4v) is 2.55. The molecule has 5 heteroatoms. The number of piperazine rings is 1. The number of nitrogens with one attached hydrogen (secondary N) is 1. The van der Waals surface area contributed by atoms with Gasteiger partial charge in [-0.1, -0.05) is 6.92 Å². The molecule has 0 radical (unpaired) electrons. The maximum Gasteiger partial charge on any atom is 0.236 e. The van der Waals surface area contributed by atoms with E-state index < -0.39 is 0 Å². The summed E-state index contributed by atoms with van der Waals surface area (Å²) in [6.45, 7) is 5.96. The van der Waals surface area contributed by atoms with Crippen LogP contribution in [0.15, 0.2) is 22.8 Å². The third kappa shape index (κ3) is 3.58. The maximum atomic E-state index is 12.2. The van der Waals surface area contributed by atoms with Crippen LogP contribution in [0.1, 0.15) is 25.1 Å². The molecule has 0 spiro atoms. The summed E-state index contributed by atoms with van der Waals surface area (Å²) in [6, 6.07) is 4.03. The Morgan fingerprint density at radius 3 is 2.84 bits per heavy atom. The highest BCUT2D eigenvalue weighted by molar-refractivity contribution is 5.78. The maximum absolute atomic E-state index is 12.2. The van der Waals surface area contributed by atoms with E-state index in [1.54, 1.807) is 6.26 Å². The fraction of sp³-hybridized carbons (Fsp3) is 0.643. The second-order valence-electron chi connectivity index (χ2n) is 4.99. The van der Waals surface area contributed by atoms with Crippen LogP contribution >= 0.6 is 0 Å². The van der Waals surface area contributed by atoms with Crippen LogP contribution < -0.4 is 5.32 Å². The fourth-order valence-electron chi connectivity index (χ4n) is 2.55. The zero-order valence-electron chi connectivity index (χ0n) is 11.8. The summed E-state index contributed by atoms with van der Waals surface area (Å²) in [4.78, 5) is 16.2. The molecule has 0 aliphatic carbocycles. The number of nitrogens with zero attached hydrogens (tertiary/aromatic N) is 2. The third-order valence-corrected chi connectivity index (χ3v) is 3.64. The predicted molar refractivity (Wildman–Crippen MR) is 73.8 cm³/mol. The molecule has 19 heavy (non-hydrogen) atoms. The Bertz CT molecular complexity index is 385. The Morgan fingerprint density at radius 1 is 1.53 bits per heavy atom. The molecule has 1 aliphatic heterocycles. The molecule has 0 bridgehead atoms. The van der Waals surface area contributed by atoms with Gasteiger partial charge in [0, 0.05) is 26.2 Å². The van der Waals surface area contributed by atoms with Crippen molar-refractivity contribution in [1.29, 1.82) is 0 Å². The van der Waals surface area contributed by atoms with Crippen LogP contribution in [0.25, 0.3) is 0 Å². The summed E-state index contributed by atoms with van der Waals surface area (Å²) in [5.41, 5.74) is 0. The first-order chi connectivity index (χ1) is 9.22. The highest BCUT2D eigenvalue weighted by Gasteiger charge is 2.23. The number of hydrogen-bond donors (Lipinski definition) is 1. The van der Waals surface area contributed by atoms with Crippen LogP contribution in [0.2, 0.25) is 0 Å². The molecule has 0 saturated carbocycles. The highest BCUT2D eigenvalue weighted by Crippen LogP contribution is 2.22. The van der Waals surface area contributed by atoms with Crippen LogP contribution in [0.5, 0.6) is 0 Å². The molecule has 5 nitrogen and oxygen atoms in total. The number of carbonyl (C=O) groups excluding carboxylic acids is 1. The minimum absolute atomic E-state index is 0.168. The quantitative estimate of drug-likeness (QED) is 0.866. The Hall–Kier alpha value is -1.33. The van der Waals surface area contributed by atoms with Gasteiger partial charge in [0.1, 0.15) is 5.76 Å². The van der Waals surface area contributed by atoms with E-state index in [-0.39, 0.29) is 11.9 Å². The van der Waals surface area contributed by atoms with Gasteiger partial charge in [-0.25, -0.2) is 0 Å². The van der Waals surface area contributed by atoms with Crippen molar-refractivity contribution in [3.63, 3.8) is 0 Å². The van der Waals surface area contributed by atoms with Crippen molar-refractivity contribution in [3.05, 3.63) is 24.2 Å². The van der Waals surface area contributed by atoms with Crippen molar-refractivity contribution in [3.8, 4) is 0 Å². The third-order valence-electron chi connectivity index (χ3n) is 3.64. The average Bonchev–Trinajstić information content (AvgIpc) is 2.94. The smallest absolute Gasteiger partial charge is 0.236 e. The lowest BCUT2D eigenvalue weighted by atomic mass is 10.1. The molecule has 106 valence electrons. The lowest BCUT2D eigenvalue weighted by molar-refractivity contribution is -0.133. The zero-order valence-corrected chi connectivity index (χ0v) is 11.8. The molecule has 0 aromatic carbocycles. The van der Waals surface area contributed by atoms with Crippen molar-refractivity contribution in [2.75, 3.05) is 39.8 Å². The number of rotatable bonds is 5. The molecular weight excluding hydrogens is 242 g/mol. The zero-order chi connectivity index (χ0) is 13.7. The van der Waals surface area contributed by atoms with Crippen molar-refractivity contribution < 1.29 is 9.21 Å². The SMILES string of the molecule is CCC(c1ccco1)N(C)CC(=O)N1CCNCC1. The first kappa shape index (κ1) is 14.1. The second-order valence-corrected chi connectivity index (χ2v) is 4.99. The second kappa shape index (κ2) is 6.73. The molecule has 1 aliphatic rings. The number of likely N-dealkylation sites (N-methyl/N-ethyl adjacent to an activating group) is 1. The Balaban J connectivity index is 1.91. The summed E-state index contributed by atoms with van der Waals surface area (Å²) in [6.07, 6.45) is 2.61. The molecule has 1 atom stereocenters. The molecule has 1 amide bonds. The standard InChI is InChI=1S/C14H23N3O2/c1-3-12(13-5-4-10-19-13)16(2)11-14(18)17-8-6-15-7-9-17/h4-5,10,12,15H,3,6-9,11H2,1-2H3. The van der Waals surface area contributed by atoms with Crippen molar-refractivity contribution in [2.24, 2.45) is 0 Å². The molecule has 1 aromatic heterocycles. The number of carbonyl (C=O) groups is 1. The highest BCUT2D eigenvalue weighted by atomic mass is 16.3. The van der Waals surface area contributed by atoms with Crippen molar-refractivity contribution in [2.45, 2.75) is 19.4 Å². The van der Waals surface area contributed by atoms with Gasteiger partial charge >= 0.3 is 0 Å². The molecule has 1 fully saturated rings. The van der Waals surface area contributed by atoms with Crippen molar-refractivity contribution in [1.82, 2.24) is 15.1 Å². The summed E-state index contributed by atoms with van der Waals surface area (Å²) >= 11 is 0. The first-order valence-corrected chi connectivity index (χ1v) is 6.94. The largest absolute Gasteiger partial charge is 0.468 e. The van der Waals surface area contributed by atoms with Gasteiger partial charge in [-0.05, 0) is 25.6 Å². The van der Waals surface area contributed by atoms with E-state index in [0.717, 1.165) is 38.4 Å². The minimum Gasteiger partial charge on any atom is -0.468 e. The van der Waals surface area contributed by atoms with E-state index in [4.69, 9.17) is 4.42 Å². The van der Waals surface area contributed by atoms with Gasteiger partial charge < -0.3 is 14.6 Å². The molecule has 1 aromatic rings. The normalized spacial score (nSPS) is 17.7. The summed E-state index contributed by atoms with van der Waals surface area (Å²) < 4.78 is 5.46. The Kier molecular flexibility index (Phi) is 4.99. The van der Waals surface area contributed by atoms with Crippen LogP contribution in [0.4, 0.5) is 0 Å². The number of amides is 1. The van der Waals surface area contributed by atoms with Crippen LogP contribution in [0, 0.1) is 0 Å². The lowest BCUT2D eigenvalue weighted by Gasteiger charge is -2.31. The van der Waals surface area contributed by atoms with Gasteiger partial charge in [-0.3, -0.25) is 9.69 Å². The van der Waals surface area contributed by atoms with E-state index in [0.29, 0.717) is 6.54 Å². The summed E-state index contributed by atoms with van der Waals surface area (Å²) in [5.74, 6) is 1.13. The Labute approximate surface area is 114 Å². The average molecular weight is 265 g/mol. The van der Waals surface area contributed by atoms with Crippen LogP contribution in [0.3, 0.4) is 0 Å². The topological polar surface area (TPSA) is 48.7 Å². The number of furan rings is 1. The molecule has 1 N–H and O–H groups in total. The minimum atomic E-state index is 0.168. The monoisotopic (exact) mass is 265 g/mol. The summed E-state index contributed by atoms with van der Waals surface area (Å²) in [5, 5.41) is 3.26. The van der Waals surface area contributed by atoms with Crippen LogP contribution in [-0.4, -0.2) is 55.5 Å². The van der Waals surface area contributed by atoms with Gasteiger partial charge in [0.25, 0.3) is 0 Å². The van der Waals surface area contributed by atoms with E-state index in [9.17, 15) is 4.79 Å². The Morgan fingerprint density at radius 2 is 2.26 bits per heavy atom. The van der Waals surface area contributed by atoms with Crippen LogP contribution in [-0.2, 0) is 4.79 Å². The summed E-state index contributed by atoms with van der Waals surface area (Å²) in [7, 11) is 1.98. The lowest BCUT2D eigenvalue weighted by Crippen LogP contribution is -2.49. The molecule has 1 saturated heterocycles. The van der Waals surface area contributed by atoms with Gasteiger partial charge in [0.15, 0.2) is 0 Å².